The molecule has 1 aliphatic heterocycles. The number of hydrogen-bond donors (Lipinski definition) is 2. The van der Waals surface area contributed by atoms with E-state index in [-0.39, 0.29) is 17.7 Å². The number of halogens is 1. The number of hydrogen-bond acceptors (Lipinski definition) is 6. The fourth-order valence-electron chi connectivity index (χ4n) is 6.18. The number of pyridine rings is 1. The molecule has 0 unspecified atom stereocenters. The molecule has 8 heteroatoms. The standard InChI is InChI=1S/C30H35FN2O4S/c1-37-21-4-7-28-25(15-21)23(9-11-32-28)29(34)8-3-18-10-12-33(17-26(18)30(35)36)20-13-19(14-20)24-16-22(38-2)5-6-27(24)31/h4-7,9,11,15-16,18-20,26,29,34H,3,8,10,12-14,17H2,1-2H3,(H,35,36)/t18-,19?,20?,26+,29+/m1/s1. The maximum atomic E-state index is 14.4. The van der Waals surface area contributed by atoms with Crippen molar-refractivity contribution < 1.29 is 24.1 Å². The quantitative estimate of drug-likeness (QED) is 0.329. The number of likely N-dealkylation sites (tertiary alicyclic amines) is 1. The largest absolute Gasteiger partial charge is 0.497 e. The fourth-order valence-corrected chi connectivity index (χ4v) is 6.62. The lowest BCUT2D eigenvalue weighted by molar-refractivity contribution is -0.147. The highest BCUT2D eigenvalue weighted by molar-refractivity contribution is 7.98. The molecule has 3 atom stereocenters. The highest BCUT2D eigenvalue weighted by Crippen LogP contribution is 2.44. The zero-order valence-corrected chi connectivity index (χ0v) is 22.7. The third-order valence-corrected chi connectivity index (χ3v) is 9.25. The molecule has 0 amide bonds. The lowest BCUT2D eigenvalue weighted by Gasteiger charge is -2.47. The summed E-state index contributed by atoms with van der Waals surface area (Å²) < 4.78 is 19.8. The second-order valence-corrected chi connectivity index (χ2v) is 11.5. The van der Waals surface area contributed by atoms with Crippen LogP contribution in [0.2, 0.25) is 0 Å². The van der Waals surface area contributed by atoms with E-state index in [4.69, 9.17) is 4.74 Å². The van der Waals surface area contributed by atoms with Crippen molar-refractivity contribution in [3.05, 3.63) is 65.6 Å². The van der Waals surface area contributed by atoms with Gasteiger partial charge in [0.05, 0.1) is 24.6 Å². The molecule has 2 aliphatic rings. The van der Waals surface area contributed by atoms with Gasteiger partial charge in [-0.15, -0.1) is 11.8 Å². The summed E-state index contributed by atoms with van der Waals surface area (Å²) >= 11 is 1.61. The number of fused-ring (bicyclic) bond motifs is 1. The van der Waals surface area contributed by atoms with Gasteiger partial charge >= 0.3 is 5.97 Å². The summed E-state index contributed by atoms with van der Waals surface area (Å²) in [6, 6.07) is 13.1. The van der Waals surface area contributed by atoms with Gasteiger partial charge in [-0.1, -0.05) is 0 Å². The van der Waals surface area contributed by atoms with Gasteiger partial charge in [0, 0.05) is 29.1 Å². The Morgan fingerprint density at radius 1 is 1.24 bits per heavy atom. The number of nitrogens with zero attached hydrogens (tertiary/aromatic N) is 2. The van der Waals surface area contributed by atoms with E-state index in [0.717, 1.165) is 52.7 Å². The number of ether oxygens (including phenoxy) is 1. The van der Waals surface area contributed by atoms with E-state index in [1.165, 1.54) is 0 Å². The third-order valence-electron chi connectivity index (χ3n) is 8.53. The summed E-state index contributed by atoms with van der Waals surface area (Å²) in [5.74, 6) is -0.490. The molecule has 1 aromatic heterocycles. The van der Waals surface area contributed by atoms with Gasteiger partial charge < -0.3 is 14.9 Å². The number of aliphatic carboxylic acids is 1. The van der Waals surface area contributed by atoms with Gasteiger partial charge in [0.15, 0.2) is 0 Å². The lowest BCUT2D eigenvalue weighted by atomic mass is 9.73. The molecule has 38 heavy (non-hydrogen) atoms. The van der Waals surface area contributed by atoms with Crippen molar-refractivity contribution in [2.45, 2.75) is 55.1 Å². The number of aliphatic hydroxyl groups excluding tert-OH is 1. The minimum atomic E-state index is -0.775. The van der Waals surface area contributed by atoms with E-state index < -0.39 is 18.0 Å². The number of carbonyl (C=O) groups is 1. The van der Waals surface area contributed by atoms with Crippen LogP contribution in [0.25, 0.3) is 10.9 Å². The lowest BCUT2D eigenvalue weighted by Crippen LogP contribution is -2.52. The average Bonchev–Trinajstić information content (AvgIpc) is 2.91. The Morgan fingerprint density at radius 2 is 2.05 bits per heavy atom. The Bertz CT molecular complexity index is 1300. The number of benzene rings is 2. The minimum Gasteiger partial charge on any atom is -0.497 e. The van der Waals surface area contributed by atoms with Crippen molar-refractivity contribution in [1.82, 2.24) is 9.88 Å². The Balaban J connectivity index is 1.20. The van der Waals surface area contributed by atoms with Gasteiger partial charge in [-0.2, -0.15) is 0 Å². The Morgan fingerprint density at radius 3 is 2.79 bits per heavy atom. The summed E-state index contributed by atoms with van der Waals surface area (Å²) in [6.45, 7) is 1.35. The van der Waals surface area contributed by atoms with Gasteiger partial charge in [0.25, 0.3) is 0 Å². The van der Waals surface area contributed by atoms with E-state index in [1.54, 1.807) is 31.1 Å². The van der Waals surface area contributed by atoms with E-state index >= 15 is 0 Å². The van der Waals surface area contributed by atoms with E-state index in [1.807, 2.05) is 42.7 Å². The second kappa shape index (κ2) is 11.6. The maximum absolute atomic E-state index is 14.4. The molecule has 0 spiro atoms. The summed E-state index contributed by atoms with van der Waals surface area (Å²) in [7, 11) is 1.61. The molecule has 5 rings (SSSR count). The van der Waals surface area contributed by atoms with E-state index in [9.17, 15) is 19.4 Å². The van der Waals surface area contributed by atoms with Gasteiger partial charge in [-0.3, -0.25) is 14.7 Å². The van der Waals surface area contributed by atoms with Crippen LogP contribution in [-0.2, 0) is 4.79 Å². The number of thioether (sulfide) groups is 1. The average molecular weight is 539 g/mol. The maximum Gasteiger partial charge on any atom is 0.308 e. The van der Waals surface area contributed by atoms with Crippen LogP contribution in [0, 0.1) is 17.7 Å². The topological polar surface area (TPSA) is 82.9 Å². The molecule has 1 saturated heterocycles. The summed E-state index contributed by atoms with van der Waals surface area (Å²) in [5, 5.41) is 22.0. The summed E-state index contributed by atoms with van der Waals surface area (Å²) in [6.07, 6.45) is 6.62. The van der Waals surface area contributed by atoms with Crippen molar-refractivity contribution in [3.8, 4) is 5.75 Å². The molecule has 3 aromatic rings. The van der Waals surface area contributed by atoms with Crippen molar-refractivity contribution >= 4 is 28.6 Å². The van der Waals surface area contributed by atoms with Crippen LogP contribution < -0.4 is 4.74 Å². The molecule has 2 heterocycles. The molecular weight excluding hydrogens is 503 g/mol. The predicted octanol–water partition coefficient (Wildman–Crippen LogP) is 5.89. The Labute approximate surface area is 227 Å². The molecule has 0 bridgehead atoms. The fraction of sp³-hybridized carbons (Fsp3) is 0.467. The van der Waals surface area contributed by atoms with Crippen LogP contribution in [0.15, 0.2) is 53.6 Å². The number of aromatic nitrogens is 1. The third kappa shape index (κ3) is 5.53. The van der Waals surface area contributed by atoms with Gasteiger partial charge in [-0.25, -0.2) is 4.39 Å². The van der Waals surface area contributed by atoms with Crippen LogP contribution in [0.1, 0.15) is 55.3 Å². The Hall–Kier alpha value is -2.68. The Kier molecular flexibility index (Phi) is 8.21. The van der Waals surface area contributed by atoms with Crippen molar-refractivity contribution in [2.75, 3.05) is 26.5 Å². The predicted molar refractivity (Wildman–Crippen MR) is 147 cm³/mol. The number of aliphatic hydroxyl groups is 1. The molecule has 0 radical (unpaired) electrons. The highest BCUT2D eigenvalue weighted by Gasteiger charge is 2.41. The second-order valence-electron chi connectivity index (χ2n) is 10.6. The summed E-state index contributed by atoms with van der Waals surface area (Å²) in [4.78, 5) is 20.0. The zero-order valence-electron chi connectivity index (χ0n) is 21.8. The van der Waals surface area contributed by atoms with Crippen LogP contribution >= 0.6 is 11.8 Å². The summed E-state index contributed by atoms with van der Waals surface area (Å²) in [5.41, 5.74) is 2.36. The first-order valence-corrected chi connectivity index (χ1v) is 14.5. The van der Waals surface area contributed by atoms with E-state index in [0.29, 0.717) is 31.2 Å². The molecule has 6 nitrogen and oxygen atoms in total. The van der Waals surface area contributed by atoms with E-state index in [2.05, 4.69) is 9.88 Å². The number of carboxylic acid groups (broad SMARTS) is 1. The first kappa shape index (κ1) is 26.9. The van der Waals surface area contributed by atoms with Crippen LogP contribution in [0.4, 0.5) is 4.39 Å². The van der Waals surface area contributed by atoms with Gasteiger partial charge in [0.1, 0.15) is 11.6 Å². The van der Waals surface area contributed by atoms with Crippen LogP contribution in [0.3, 0.4) is 0 Å². The number of carboxylic acids is 1. The molecule has 2 N–H and O–H groups in total. The normalized spacial score (nSPS) is 24.6. The first-order chi connectivity index (χ1) is 18.4. The molecule has 2 aromatic carbocycles. The molecular formula is C30H35FN2O4S. The number of methoxy groups -OCH3 is 1. The number of rotatable bonds is 9. The van der Waals surface area contributed by atoms with Crippen molar-refractivity contribution in [2.24, 2.45) is 11.8 Å². The van der Waals surface area contributed by atoms with Crippen molar-refractivity contribution in [3.63, 3.8) is 0 Å². The monoisotopic (exact) mass is 538 g/mol. The van der Waals surface area contributed by atoms with Crippen LogP contribution in [-0.4, -0.2) is 58.6 Å². The SMILES string of the molecule is COc1ccc2nccc([C@@H](O)CC[C@@H]3CCN(C4CC(c5cc(SC)ccc5F)C4)C[C@@H]3C(=O)O)c2c1. The zero-order chi connectivity index (χ0) is 26.8. The van der Waals surface area contributed by atoms with Gasteiger partial charge in [-0.05, 0) is 110 Å². The molecule has 2 fully saturated rings. The molecule has 1 saturated carbocycles. The highest BCUT2D eigenvalue weighted by atomic mass is 32.2. The first-order valence-electron chi connectivity index (χ1n) is 13.3. The molecule has 202 valence electrons. The van der Waals surface area contributed by atoms with Gasteiger partial charge in [0.2, 0.25) is 0 Å². The number of piperidine rings is 1. The molecule has 1 aliphatic carbocycles. The minimum absolute atomic E-state index is 0.00705. The van der Waals surface area contributed by atoms with Crippen LogP contribution in [0.5, 0.6) is 5.75 Å². The van der Waals surface area contributed by atoms with Crippen molar-refractivity contribution in [1.29, 1.82) is 0 Å². The smallest absolute Gasteiger partial charge is 0.308 e.